The third-order valence-electron chi connectivity index (χ3n) is 3.41. The predicted octanol–water partition coefficient (Wildman–Crippen LogP) is 5.12. The van der Waals surface area contributed by atoms with Crippen molar-refractivity contribution in [2.45, 2.75) is 71.1 Å². The highest BCUT2D eigenvalue weighted by molar-refractivity contribution is 5.94. The standard InChI is InChI=1S/C16H27NO/c1-2-3-4-5-6-7-8-9-10-13-16(18)15-12-11-14-17-15/h11-12,14,17H,2-10,13H2,1H3. The molecule has 0 saturated carbocycles. The van der Waals surface area contributed by atoms with Gasteiger partial charge < -0.3 is 4.98 Å². The van der Waals surface area contributed by atoms with E-state index >= 15 is 0 Å². The molecule has 2 heteroatoms. The summed E-state index contributed by atoms with van der Waals surface area (Å²) in [5.41, 5.74) is 0.759. The van der Waals surface area contributed by atoms with E-state index in [1.165, 1.54) is 51.4 Å². The van der Waals surface area contributed by atoms with Gasteiger partial charge in [0.1, 0.15) is 0 Å². The van der Waals surface area contributed by atoms with Gasteiger partial charge in [-0.25, -0.2) is 0 Å². The van der Waals surface area contributed by atoms with Crippen molar-refractivity contribution in [3.05, 3.63) is 24.0 Å². The van der Waals surface area contributed by atoms with Crippen LogP contribution in [0, 0.1) is 0 Å². The molecule has 18 heavy (non-hydrogen) atoms. The number of unbranched alkanes of at least 4 members (excludes halogenated alkanes) is 8. The average Bonchev–Trinajstić information content (AvgIpc) is 2.90. The summed E-state index contributed by atoms with van der Waals surface area (Å²) in [5.74, 6) is 0.253. The van der Waals surface area contributed by atoms with E-state index in [0.717, 1.165) is 12.1 Å². The van der Waals surface area contributed by atoms with Crippen LogP contribution in [0.5, 0.6) is 0 Å². The molecule has 0 fully saturated rings. The maximum absolute atomic E-state index is 11.7. The second kappa shape index (κ2) is 9.93. The smallest absolute Gasteiger partial charge is 0.178 e. The van der Waals surface area contributed by atoms with E-state index in [9.17, 15) is 4.79 Å². The molecule has 1 heterocycles. The van der Waals surface area contributed by atoms with Gasteiger partial charge in [-0.1, -0.05) is 58.3 Å². The molecular formula is C16H27NO. The summed E-state index contributed by atoms with van der Waals surface area (Å²) in [6.45, 7) is 2.25. The van der Waals surface area contributed by atoms with Gasteiger partial charge in [-0.2, -0.15) is 0 Å². The Labute approximate surface area is 111 Å². The van der Waals surface area contributed by atoms with E-state index < -0.39 is 0 Å². The number of rotatable bonds is 11. The van der Waals surface area contributed by atoms with Crippen LogP contribution in [0.2, 0.25) is 0 Å². The van der Waals surface area contributed by atoms with Crippen molar-refractivity contribution in [1.29, 1.82) is 0 Å². The Morgan fingerprint density at radius 1 is 1.00 bits per heavy atom. The molecule has 0 amide bonds. The number of ketones is 1. The zero-order valence-electron chi connectivity index (χ0n) is 11.7. The van der Waals surface area contributed by atoms with Crippen molar-refractivity contribution in [2.75, 3.05) is 0 Å². The van der Waals surface area contributed by atoms with Crippen molar-refractivity contribution in [2.24, 2.45) is 0 Å². The van der Waals surface area contributed by atoms with Gasteiger partial charge in [0, 0.05) is 12.6 Å². The zero-order chi connectivity index (χ0) is 13.1. The third kappa shape index (κ3) is 6.63. The molecule has 0 atom stereocenters. The number of nitrogens with one attached hydrogen (secondary N) is 1. The van der Waals surface area contributed by atoms with Crippen LogP contribution in [0.4, 0.5) is 0 Å². The fraction of sp³-hybridized carbons (Fsp3) is 0.688. The normalized spacial score (nSPS) is 10.7. The highest BCUT2D eigenvalue weighted by atomic mass is 16.1. The molecule has 0 unspecified atom stereocenters. The first-order chi connectivity index (χ1) is 8.84. The quantitative estimate of drug-likeness (QED) is 0.428. The van der Waals surface area contributed by atoms with E-state index in [1.807, 2.05) is 18.3 Å². The van der Waals surface area contributed by atoms with Crippen LogP contribution < -0.4 is 0 Å². The number of aromatic nitrogens is 1. The van der Waals surface area contributed by atoms with Crippen LogP contribution in [-0.4, -0.2) is 10.8 Å². The van der Waals surface area contributed by atoms with Crippen LogP contribution in [0.15, 0.2) is 18.3 Å². The van der Waals surface area contributed by atoms with Gasteiger partial charge in [0.15, 0.2) is 5.78 Å². The molecule has 0 bridgehead atoms. The summed E-state index contributed by atoms with van der Waals surface area (Å²) >= 11 is 0. The van der Waals surface area contributed by atoms with Gasteiger partial charge in [-0.15, -0.1) is 0 Å². The lowest BCUT2D eigenvalue weighted by atomic mass is 10.0. The van der Waals surface area contributed by atoms with E-state index in [1.54, 1.807) is 0 Å². The molecule has 2 nitrogen and oxygen atoms in total. The third-order valence-corrected chi connectivity index (χ3v) is 3.41. The number of hydrogen-bond donors (Lipinski definition) is 1. The Morgan fingerprint density at radius 3 is 2.17 bits per heavy atom. The second-order valence-corrected chi connectivity index (χ2v) is 5.09. The number of hydrogen-bond acceptors (Lipinski definition) is 1. The summed E-state index contributed by atoms with van der Waals surface area (Å²) in [5, 5.41) is 0. The molecule has 0 aliphatic rings. The fourth-order valence-electron chi connectivity index (χ4n) is 2.23. The molecular weight excluding hydrogens is 222 g/mol. The van der Waals surface area contributed by atoms with E-state index in [-0.39, 0.29) is 5.78 Å². The van der Waals surface area contributed by atoms with Crippen molar-refractivity contribution < 1.29 is 4.79 Å². The summed E-state index contributed by atoms with van der Waals surface area (Å²) in [4.78, 5) is 14.6. The minimum absolute atomic E-state index is 0.253. The summed E-state index contributed by atoms with van der Waals surface area (Å²) in [7, 11) is 0. The minimum Gasteiger partial charge on any atom is -0.359 e. The first-order valence-electron chi connectivity index (χ1n) is 7.51. The first kappa shape index (κ1) is 15.0. The predicted molar refractivity (Wildman–Crippen MR) is 77.0 cm³/mol. The SMILES string of the molecule is CCCCCCCCCCCC(=O)c1ccc[nH]1. The fourth-order valence-corrected chi connectivity index (χ4v) is 2.23. The maximum atomic E-state index is 11.7. The van der Waals surface area contributed by atoms with Gasteiger partial charge in [-0.3, -0.25) is 4.79 Å². The molecule has 0 saturated heterocycles. The van der Waals surface area contributed by atoms with E-state index in [0.29, 0.717) is 6.42 Å². The monoisotopic (exact) mass is 249 g/mol. The van der Waals surface area contributed by atoms with E-state index in [4.69, 9.17) is 0 Å². The van der Waals surface area contributed by atoms with Gasteiger partial charge in [0.25, 0.3) is 0 Å². The Hall–Kier alpha value is -1.05. The van der Waals surface area contributed by atoms with Crippen LogP contribution >= 0.6 is 0 Å². The molecule has 0 radical (unpaired) electrons. The number of H-pyrrole nitrogens is 1. The van der Waals surface area contributed by atoms with Gasteiger partial charge in [0.2, 0.25) is 0 Å². The Morgan fingerprint density at radius 2 is 1.61 bits per heavy atom. The van der Waals surface area contributed by atoms with Crippen LogP contribution in [0.25, 0.3) is 0 Å². The second-order valence-electron chi connectivity index (χ2n) is 5.09. The van der Waals surface area contributed by atoms with Crippen LogP contribution in [0.3, 0.4) is 0 Å². The lowest BCUT2D eigenvalue weighted by Gasteiger charge is -2.01. The van der Waals surface area contributed by atoms with Crippen molar-refractivity contribution >= 4 is 5.78 Å². The number of Topliss-reactive ketones (excluding diaryl/α,β-unsaturated/α-hetero) is 1. The number of aromatic amines is 1. The van der Waals surface area contributed by atoms with Crippen molar-refractivity contribution in [3.8, 4) is 0 Å². The van der Waals surface area contributed by atoms with E-state index in [2.05, 4.69) is 11.9 Å². The van der Waals surface area contributed by atoms with Gasteiger partial charge in [-0.05, 0) is 18.6 Å². The maximum Gasteiger partial charge on any atom is 0.178 e. The highest BCUT2D eigenvalue weighted by Gasteiger charge is 2.04. The topological polar surface area (TPSA) is 32.9 Å². The largest absolute Gasteiger partial charge is 0.359 e. The molecule has 0 aromatic carbocycles. The van der Waals surface area contributed by atoms with Gasteiger partial charge in [0.05, 0.1) is 5.69 Å². The molecule has 0 spiro atoms. The van der Waals surface area contributed by atoms with Gasteiger partial charge >= 0.3 is 0 Å². The Balaban J connectivity index is 1.88. The molecule has 1 N–H and O–H groups in total. The molecule has 1 aromatic heterocycles. The zero-order valence-corrected chi connectivity index (χ0v) is 11.7. The van der Waals surface area contributed by atoms with Crippen LogP contribution in [-0.2, 0) is 0 Å². The molecule has 1 rings (SSSR count). The highest BCUT2D eigenvalue weighted by Crippen LogP contribution is 2.11. The molecule has 0 aliphatic heterocycles. The minimum atomic E-state index is 0.253. The summed E-state index contributed by atoms with van der Waals surface area (Å²) < 4.78 is 0. The molecule has 1 aromatic rings. The van der Waals surface area contributed by atoms with Crippen molar-refractivity contribution in [1.82, 2.24) is 4.98 Å². The van der Waals surface area contributed by atoms with Crippen molar-refractivity contribution in [3.63, 3.8) is 0 Å². The Bertz CT molecular complexity index is 303. The van der Waals surface area contributed by atoms with Crippen LogP contribution in [0.1, 0.15) is 81.6 Å². The first-order valence-corrected chi connectivity index (χ1v) is 7.51. The lowest BCUT2D eigenvalue weighted by molar-refractivity contribution is 0.0975. The number of carbonyl (C=O) groups excluding carboxylic acids is 1. The lowest BCUT2D eigenvalue weighted by Crippen LogP contribution is -1.98. The average molecular weight is 249 g/mol. The Kier molecular flexibility index (Phi) is 8.28. The summed E-state index contributed by atoms with van der Waals surface area (Å²) in [6, 6.07) is 3.74. The molecule has 0 aliphatic carbocycles. The molecule has 102 valence electrons. The number of carbonyl (C=O) groups is 1. The summed E-state index contributed by atoms with van der Waals surface area (Å²) in [6.07, 6.45) is 14.2.